The highest BCUT2D eigenvalue weighted by molar-refractivity contribution is 6.30. The molecule has 3 aromatic rings. The van der Waals surface area contributed by atoms with E-state index in [1.54, 1.807) is 48.5 Å². The van der Waals surface area contributed by atoms with Crippen molar-refractivity contribution in [3.63, 3.8) is 0 Å². The van der Waals surface area contributed by atoms with Crippen LogP contribution in [0.25, 0.3) is 0 Å². The van der Waals surface area contributed by atoms with E-state index in [-0.39, 0.29) is 12.4 Å². The highest BCUT2D eigenvalue weighted by atomic mass is 35.5. The lowest BCUT2D eigenvalue weighted by molar-refractivity contribution is 0.0663. The molecule has 1 aliphatic heterocycles. The Morgan fingerprint density at radius 1 is 0.914 bits per heavy atom. The third-order valence-corrected chi connectivity index (χ3v) is 6.71. The fourth-order valence-electron chi connectivity index (χ4n) is 4.84. The number of β-amino-alcohol motifs (C(OH)–C–C–N with tert-alkyl or cyclic N) is 1. The topological polar surface area (TPSA) is 53.0 Å². The van der Waals surface area contributed by atoms with Crippen LogP contribution in [-0.4, -0.2) is 61.2 Å². The summed E-state index contributed by atoms with van der Waals surface area (Å²) in [7, 11) is 0. The number of benzene rings is 3. The quantitative estimate of drug-likeness (QED) is 0.445. The summed E-state index contributed by atoms with van der Waals surface area (Å²) in [6.07, 6.45) is -0.584. The zero-order valence-corrected chi connectivity index (χ0v) is 21.4. The predicted molar refractivity (Wildman–Crippen MR) is 142 cm³/mol. The summed E-state index contributed by atoms with van der Waals surface area (Å²) in [5.41, 5.74) is 6.46. The molecular formula is C29H33ClN2O3. The van der Waals surface area contributed by atoms with E-state index in [0.717, 1.165) is 26.2 Å². The van der Waals surface area contributed by atoms with Crippen LogP contribution in [0, 0.1) is 20.8 Å². The Balaban J connectivity index is 1.24. The smallest absolute Gasteiger partial charge is 0.193 e. The summed E-state index contributed by atoms with van der Waals surface area (Å²) < 4.78 is 5.78. The lowest BCUT2D eigenvalue weighted by Crippen LogP contribution is -2.49. The van der Waals surface area contributed by atoms with Gasteiger partial charge < -0.3 is 14.7 Å². The van der Waals surface area contributed by atoms with Crippen LogP contribution in [-0.2, 0) is 0 Å². The van der Waals surface area contributed by atoms with Crippen molar-refractivity contribution >= 4 is 23.1 Å². The van der Waals surface area contributed by atoms with Gasteiger partial charge in [-0.05, 0) is 80.4 Å². The second-order valence-corrected chi connectivity index (χ2v) is 9.80. The van der Waals surface area contributed by atoms with Crippen molar-refractivity contribution in [1.29, 1.82) is 0 Å². The maximum absolute atomic E-state index is 12.6. The molecular weight excluding hydrogens is 460 g/mol. The van der Waals surface area contributed by atoms with Crippen molar-refractivity contribution < 1.29 is 14.6 Å². The Morgan fingerprint density at radius 3 is 2.03 bits per heavy atom. The minimum absolute atomic E-state index is 0.0663. The molecule has 1 heterocycles. The van der Waals surface area contributed by atoms with Gasteiger partial charge in [-0.15, -0.1) is 0 Å². The van der Waals surface area contributed by atoms with Crippen molar-refractivity contribution in [2.24, 2.45) is 0 Å². The number of nitrogens with zero attached hydrogens (tertiary/aromatic N) is 2. The number of anilines is 1. The molecule has 0 amide bonds. The second kappa shape index (κ2) is 11.3. The minimum Gasteiger partial charge on any atom is -0.491 e. The molecule has 35 heavy (non-hydrogen) atoms. The van der Waals surface area contributed by atoms with Crippen molar-refractivity contribution in [3.8, 4) is 5.75 Å². The van der Waals surface area contributed by atoms with Crippen molar-refractivity contribution in [1.82, 2.24) is 4.90 Å². The molecule has 184 valence electrons. The summed E-state index contributed by atoms with van der Waals surface area (Å²) in [6, 6.07) is 18.4. The van der Waals surface area contributed by atoms with Crippen LogP contribution >= 0.6 is 11.6 Å². The molecule has 1 aliphatic rings. The highest BCUT2D eigenvalue weighted by Gasteiger charge is 2.22. The molecule has 5 nitrogen and oxygen atoms in total. The van der Waals surface area contributed by atoms with Crippen LogP contribution in [0.3, 0.4) is 0 Å². The summed E-state index contributed by atoms with van der Waals surface area (Å²) in [6.45, 7) is 11.0. The summed E-state index contributed by atoms with van der Waals surface area (Å²) in [5.74, 6) is 0.565. The molecule has 0 saturated carbocycles. The first-order valence-electron chi connectivity index (χ1n) is 12.1. The fraction of sp³-hybridized carbons (Fsp3) is 0.345. The summed E-state index contributed by atoms with van der Waals surface area (Å²) in [5, 5.41) is 11.1. The number of aryl methyl sites for hydroxylation is 3. The van der Waals surface area contributed by atoms with Gasteiger partial charge in [0.15, 0.2) is 5.78 Å². The van der Waals surface area contributed by atoms with Gasteiger partial charge in [0.25, 0.3) is 0 Å². The molecule has 4 rings (SSSR count). The van der Waals surface area contributed by atoms with E-state index in [2.05, 4.69) is 42.7 Å². The Morgan fingerprint density at radius 2 is 1.46 bits per heavy atom. The van der Waals surface area contributed by atoms with E-state index in [4.69, 9.17) is 16.3 Å². The third kappa shape index (κ3) is 6.43. The third-order valence-electron chi connectivity index (χ3n) is 6.46. The van der Waals surface area contributed by atoms with Crippen LogP contribution in [0.15, 0.2) is 60.7 Å². The number of ketones is 1. The van der Waals surface area contributed by atoms with Crippen molar-refractivity contribution in [2.45, 2.75) is 26.9 Å². The SMILES string of the molecule is Cc1cc(C)c(N2CCN(CC(O)COc3ccc(C(=O)c4ccc(Cl)cc4)cc3)CC2)c(C)c1. The number of piperazine rings is 1. The van der Waals surface area contributed by atoms with Crippen LogP contribution in [0.4, 0.5) is 5.69 Å². The number of rotatable bonds is 8. The number of carbonyl (C=O) groups excluding carboxylic acids is 1. The molecule has 1 saturated heterocycles. The second-order valence-electron chi connectivity index (χ2n) is 9.36. The number of halogens is 1. The number of carbonyl (C=O) groups is 1. The first-order valence-corrected chi connectivity index (χ1v) is 12.4. The Hall–Kier alpha value is -2.86. The van der Waals surface area contributed by atoms with E-state index >= 15 is 0 Å². The zero-order valence-electron chi connectivity index (χ0n) is 20.6. The molecule has 3 aromatic carbocycles. The highest BCUT2D eigenvalue weighted by Crippen LogP contribution is 2.27. The van der Waals surface area contributed by atoms with Gasteiger partial charge in [0.05, 0.1) is 0 Å². The minimum atomic E-state index is -0.584. The van der Waals surface area contributed by atoms with Gasteiger partial charge >= 0.3 is 0 Å². The number of hydrogen-bond acceptors (Lipinski definition) is 5. The molecule has 0 aromatic heterocycles. The van der Waals surface area contributed by atoms with E-state index in [1.165, 1.54) is 22.4 Å². The summed E-state index contributed by atoms with van der Waals surface area (Å²) >= 11 is 5.90. The van der Waals surface area contributed by atoms with E-state index in [1.807, 2.05) is 0 Å². The number of aliphatic hydroxyl groups excluding tert-OH is 1. The molecule has 0 aliphatic carbocycles. The van der Waals surface area contributed by atoms with Crippen LogP contribution < -0.4 is 9.64 Å². The molecule has 0 radical (unpaired) electrons. The van der Waals surface area contributed by atoms with Gasteiger partial charge in [0.1, 0.15) is 18.5 Å². The molecule has 6 heteroatoms. The molecule has 1 unspecified atom stereocenters. The molecule has 1 fully saturated rings. The van der Waals surface area contributed by atoms with Gasteiger partial charge in [0.2, 0.25) is 0 Å². The standard InChI is InChI=1S/C29H33ClN2O3/c1-20-16-21(2)28(22(3)17-20)32-14-12-31(13-15-32)18-26(33)19-35-27-10-6-24(7-11-27)29(34)23-4-8-25(30)9-5-23/h4-11,16-17,26,33H,12-15,18-19H2,1-3H3. The van der Waals surface area contributed by atoms with Crippen LogP contribution in [0.1, 0.15) is 32.6 Å². The predicted octanol–water partition coefficient (Wildman–Crippen LogP) is 5.06. The van der Waals surface area contributed by atoms with E-state index in [9.17, 15) is 9.90 Å². The van der Waals surface area contributed by atoms with Crippen LogP contribution in [0.2, 0.25) is 5.02 Å². The van der Waals surface area contributed by atoms with Crippen molar-refractivity contribution in [3.05, 3.63) is 93.5 Å². The largest absolute Gasteiger partial charge is 0.491 e. The Kier molecular flexibility index (Phi) is 8.11. The Labute approximate surface area is 212 Å². The maximum atomic E-state index is 12.6. The number of hydrogen-bond donors (Lipinski definition) is 1. The lowest BCUT2D eigenvalue weighted by Gasteiger charge is -2.38. The fourth-order valence-corrected chi connectivity index (χ4v) is 4.96. The lowest BCUT2D eigenvalue weighted by atomic mass is 10.0. The average Bonchev–Trinajstić information content (AvgIpc) is 2.83. The summed E-state index contributed by atoms with van der Waals surface area (Å²) in [4.78, 5) is 17.3. The normalized spacial score (nSPS) is 15.2. The molecule has 1 atom stereocenters. The van der Waals surface area contributed by atoms with Crippen molar-refractivity contribution in [2.75, 3.05) is 44.2 Å². The van der Waals surface area contributed by atoms with Gasteiger partial charge in [-0.3, -0.25) is 9.69 Å². The van der Waals surface area contributed by atoms with Gasteiger partial charge in [0, 0.05) is 54.6 Å². The Bertz CT molecular complexity index is 1130. The maximum Gasteiger partial charge on any atom is 0.193 e. The number of ether oxygens (including phenoxy) is 1. The first kappa shape index (κ1) is 25.2. The van der Waals surface area contributed by atoms with E-state index in [0.29, 0.717) is 28.4 Å². The monoisotopic (exact) mass is 492 g/mol. The van der Waals surface area contributed by atoms with Gasteiger partial charge in [-0.25, -0.2) is 0 Å². The van der Waals surface area contributed by atoms with Crippen LogP contribution in [0.5, 0.6) is 5.75 Å². The molecule has 0 bridgehead atoms. The number of aliphatic hydroxyl groups is 1. The molecule has 1 N–H and O–H groups in total. The van der Waals surface area contributed by atoms with Gasteiger partial charge in [-0.2, -0.15) is 0 Å². The molecule has 0 spiro atoms. The average molecular weight is 493 g/mol. The zero-order chi connectivity index (χ0) is 24.9. The first-order chi connectivity index (χ1) is 16.8. The van der Waals surface area contributed by atoms with Gasteiger partial charge in [-0.1, -0.05) is 29.3 Å². The van der Waals surface area contributed by atoms with E-state index < -0.39 is 6.10 Å².